The van der Waals surface area contributed by atoms with Crippen LogP contribution in [0.1, 0.15) is 43.7 Å². The molecule has 7 heteroatoms. The van der Waals surface area contributed by atoms with Gasteiger partial charge in [0.1, 0.15) is 35.6 Å². The Morgan fingerprint density at radius 1 is 1.25 bits per heavy atom. The number of rotatable bonds is 4. The van der Waals surface area contributed by atoms with E-state index >= 15 is 0 Å². The van der Waals surface area contributed by atoms with Crippen molar-refractivity contribution in [1.82, 2.24) is 0 Å². The average Bonchev–Trinajstić information content (AvgIpc) is 2.72. The summed E-state index contributed by atoms with van der Waals surface area (Å²) in [6.45, 7) is 3.97. The van der Waals surface area contributed by atoms with Crippen LogP contribution in [0.4, 0.5) is 4.39 Å². The number of nitriles is 1. The number of hydrogen-bond donors (Lipinski definition) is 1. The summed E-state index contributed by atoms with van der Waals surface area (Å²) in [5.41, 5.74) is 7.51. The van der Waals surface area contributed by atoms with Gasteiger partial charge in [0.2, 0.25) is 5.88 Å². The number of hydrogen-bond acceptors (Lipinski definition) is 5. The Balaban J connectivity index is 1.63. The minimum Gasteiger partial charge on any atom is -0.489 e. The molecule has 32 heavy (non-hydrogen) atoms. The molecule has 164 valence electrons. The molecule has 0 fully saturated rings. The number of Topliss-reactive ketones (excluding diaryl/α,β-unsaturated/α-hetero) is 1. The second-order valence-electron chi connectivity index (χ2n) is 8.76. The number of nitrogens with two attached hydrogens (primary N) is 1. The van der Waals surface area contributed by atoms with Gasteiger partial charge >= 0.3 is 0 Å². The quantitative estimate of drug-likeness (QED) is 0.661. The average molecular weight is 453 g/mol. The molecule has 0 saturated carbocycles. The van der Waals surface area contributed by atoms with Crippen LogP contribution in [0.2, 0.25) is 5.02 Å². The lowest BCUT2D eigenvalue weighted by atomic mass is 9.70. The third kappa shape index (κ3) is 4.09. The first-order valence-corrected chi connectivity index (χ1v) is 10.6. The molecule has 4 rings (SSSR count). The molecule has 1 aliphatic heterocycles. The van der Waals surface area contributed by atoms with Crippen molar-refractivity contribution in [2.24, 2.45) is 11.1 Å². The van der Waals surface area contributed by atoms with E-state index in [0.717, 1.165) is 5.56 Å². The second-order valence-corrected chi connectivity index (χ2v) is 9.17. The molecule has 0 spiro atoms. The molecule has 1 unspecified atom stereocenters. The van der Waals surface area contributed by atoms with Gasteiger partial charge in [-0.05, 0) is 35.2 Å². The fraction of sp³-hybridized carbons (Fsp3) is 0.280. The number of allylic oxidation sites excluding steroid dienone is 3. The molecule has 5 nitrogen and oxygen atoms in total. The highest BCUT2D eigenvalue weighted by molar-refractivity contribution is 6.31. The van der Waals surface area contributed by atoms with Crippen LogP contribution in [0.3, 0.4) is 0 Å². The zero-order valence-corrected chi connectivity index (χ0v) is 18.5. The minimum absolute atomic E-state index is 0.0243. The van der Waals surface area contributed by atoms with E-state index in [4.69, 9.17) is 26.8 Å². The standard InChI is InChI=1S/C25H22ClFN2O3/c1-25(2)10-20(30)23-21(11-25)32-24(29)16(12-28)22(23)14-6-8-15(9-7-14)31-13-17-18(26)4-3-5-19(17)27/h3-9,22H,10-11,13,29H2,1-2H3. The van der Waals surface area contributed by atoms with Crippen molar-refractivity contribution >= 4 is 17.4 Å². The molecule has 0 amide bonds. The second kappa shape index (κ2) is 8.33. The molecule has 0 aromatic heterocycles. The lowest BCUT2D eigenvalue weighted by Gasteiger charge is -2.37. The number of halogens is 2. The summed E-state index contributed by atoms with van der Waals surface area (Å²) < 4.78 is 25.4. The smallest absolute Gasteiger partial charge is 0.205 e. The molecule has 2 aromatic carbocycles. The van der Waals surface area contributed by atoms with Crippen molar-refractivity contribution in [3.63, 3.8) is 0 Å². The molecule has 0 bridgehead atoms. The van der Waals surface area contributed by atoms with Crippen molar-refractivity contribution in [3.05, 3.63) is 87.2 Å². The number of ketones is 1. The van der Waals surface area contributed by atoms with Gasteiger partial charge in [0.05, 0.1) is 10.9 Å². The topological polar surface area (TPSA) is 85.3 Å². The fourth-order valence-corrected chi connectivity index (χ4v) is 4.42. The van der Waals surface area contributed by atoms with Gasteiger partial charge in [-0.3, -0.25) is 4.79 Å². The van der Waals surface area contributed by atoms with Gasteiger partial charge in [-0.1, -0.05) is 43.6 Å². The van der Waals surface area contributed by atoms with E-state index in [-0.39, 0.29) is 34.8 Å². The van der Waals surface area contributed by atoms with Crippen molar-refractivity contribution < 1.29 is 18.7 Å². The molecule has 1 heterocycles. The van der Waals surface area contributed by atoms with Gasteiger partial charge in [0, 0.05) is 24.0 Å². The van der Waals surface area contributed by atoms with E-state index in [2.05, 4.69) is 6.07 Å². The molecule has 1 aliphatic carbocycles. The van der Waals surface area contributed by atoms with Crippen LogP contribution >= 0.6 is 11.6 Å². The van der Waals surface area contributed by atoms with Crippen LogP contribution in [-0.2, 0) is 16.1 Å². The SMILES string of the molecule is CC1(C)CC(=O)C2=C(C1)OC(N)=C(C#N)C2c1ccc(OCc2c(F)cccc2Cl)cc1. The Morgan fingerprint density at radius 3 is 2.62 bits per heavy atom. The predicted molar refractivity (Wildman–Crippen MR) is 118 cm³/mol. The number of carbonyl (C=O) groups excluding carboxylic acids is 1. The minimum atomic E-state index is -0.595. The highest BCUT2D eigenvalue weighted by atomic mass is 35.5. The first-order chi connectivity index (χ1) is 15.2. The molecule has 2 aliphatic rings. The molecular weight excluding hydrogens is 431 g/mol. The maximum atomic E-state index is 14.0. The molecule has 0 radical (unpaired) electrons. The number of nitrogens with zero attached hydrogens (tertiary/aromatic N) is 1. The van der Waals surface area contributed by atoms with E-state index in [1.807, 2.05) is 13.8 Å². The van der Waals surface area contributed by atoms with E-state index < -0.39 is 11.7 Å². The van der Waals surface area contributed by atoms with Crippen LogP contribution in [0.15, 0.2) is 65.3 Å². The van der Waals surface area contributed by atoms with Gasteiger partial charge in [-0.25, -0.2) is 4.39 Å². The van der Waals surface area contributed by atoms with E-state index in [1.165, 1.54) is 12.1 Å². The zero-order chi connectivity index (χ0) is 23.0. The van der Waals surface area contributed by atoms with Gasteiger partial charge in [-0.2, -0.15) is 5.26 Å². The molecular formula is C25H22ClFN2O3. The Morgan fingerprint density at radius 2 is 1.97 bits per heavy atom. The molecule has 0 saturated heterocycles. The van der Waals surface area contributed by atoms with E-state index in [0.29, 0.717) is 34.9 Å². The molecule has 2 aromatic rings. The summed E-state index contributed by atoms with van der Waals surface area (Å²) in [4.78, 5) is 13.0. The summed E-state index contributed by atoms with van der Waals surface area (Å²) in [5, 5.41) is 10.0. The first-order valence-electron chi connectivity index (χ1n) is 10.2. The summed E-state index contributed by atoms with van der Waals surface area (Å²) in [6.07, 6.45) is 0.934. The monoisotopic (exact) mass is 452 g/mol. The third-order valence-electron chi connectivity index (χ3n) is 5.73. The summed E-state index contributed by atoms with van der Waals surface area (Å²) >= 11 is 6.05. The number of benzene rings is 2. The van der Waals surface area contributed by atoms with E-state index in [1.54, 1.807) is 30.3 Å². The number of carbonyl (C=O) groups is 1. The highest BCUT2D eigenvalue weighted by Gasteiger charge is 2.42. The number of ether oxygens (including phenoxy) is 2. The first kappa shape index (κ1) is 21.9. The van der Waals surface area contributed by atoms with Gasteiger partial charge in [0.15, 0.2) is 5.78 Å². The van der Waals surface area contributed by atoms with Gasteiger partial charge < -0.3 is 15.2 Å². The highest BCUT2D eigenvalue weighted by Crippen LogP contribution is 2.48. The summed E-state index contributed by atoms with van der Waals surface area (Å²) in [5.74, 6) is -0.0216. The largest absolute Gasteiger partial charge is 0.489 e. The van der Waals surface area contributed by atoms with Crippen LogP contribution in [0.25, 0.3) is 0 Å². The Labute approximate surface area is 190 Å². The van der Waals surface area contributed by atoms with Gasteiger partial charge in [-0.15, -0.1) is 0 Å². The van der Waals surface area contributed by atoms with Crippen molar-refractivity contribution in [2.75, 3.05) is 0 Å². The summed E-state index contributed by atoms with van der Waals surface area (Å²) in [7, 11) is 0. The van der Waals surface area contributed by atoms with Crippen LogP contribution < -0.4 is 10.5 Å². The Kier molecular flexibility index (Phi) is 5.70. The maximum absolute atomic E-state index is 14.0. The lowest BCUT2D eigenvalue weighted by molar-refractivity contribution is -0.119. The lowest BCUT2D eigenvalue weighted by Crippen LogP contribution is -2.33. The molecule has 2 N–H and O–H groups in total. The van der Waals surface area contributed by atoms with Crippen molar-refractivity contribution in [2.45, 2.75) is 39.2 Å². The zero-order valence-electron chi connectivity index (χ0n) is 17.7. The van der Waals surface area contributed by atoms with Crippen LogP contribution in [0, 0.1) is 22.6 Å². The van der Waals surface area contributed by atoms with Crippen LogP contribution in [0.5, 0.6) is 5.75 Å². The predicted octanol–water partition coefficient (Wildman–Crippen LogP) is 5.51. The summed E-state index contributed by atoms with van der Waals surface area (Å²) in [6, 6.07) is 13.5. The Bertz CT molecular complexity index is 1170. The van der Waals surface area contributed by atoms with Crippen molar-refractivity contribution in [3.8, 4) is 11.8 Å². The van der Waals surface area contributed by atoms with Gasteiger partial charge in [0.25, 0.3) is 0 Å². The Hall–Kier alpha value is -3.30. The maximum Gasteiger partial charge on any atom is 0.205 e. The molecule has 1 atom stereocenters. The van der Waals surface area contributed by atoms with E-state index in [9.17, 15) is 14.4 Å². The van der Waals surface area contributed by atoms with Crippen LogP contribution in [-0.4, -0.2) is 5.78 Å². The van der Waals surface area contributed by atoms with Crippen molar-refractivity contribution in [1.29, 1.82) is 5.26 Å². The third-order valence-corrected chi connectivity index (χ3v) is 6.09. The normalized spacial score (nSPS) is 19.8. The fourth-order valence-electron chi connectivity index (χ4n) is 4.20.